The molecule has 0 aliphatic heterocycles. The predicted molar refractivity (Wildman–Crippen MR) is 43.9 cm³/mol. The summed E-state index contributed by atoms with van der Waals surface area (Å²) < 4.78 is 0. The SMILES string of the molecule is CC(CO)=C(CC(=O)O)C(O)Cl. The highest BCUT2D eigenvalue weighted by Crippen LogP contribution is 2.15. The molecule has 70 valence electrons. The molecule has 0 fully saturated rings. The molecule has 0 heterocycles. The van der Waals surface area contributed by atoms with Gasteiger partial charge in [-0.15, -0.1) is 0 Å². The molecule has 0 aliphatic rings. The van der Waals surface area contributed by atoms with Gasteiger partial charge in [0.15, 0.2) is 0 Å². The summed E-state index contributed by atoms with van der Waals surface area (Å²) in [5, 5.41) is 25.9. The molecular weight excluding hydrogens is 184 g/mol. The van der Waals surface area contributed by atoms with Crippen LogP contribution in [-0.4, -0.2) is 33.5 Å². The third-order valence-corrected chi connectivity index (χ3v) is 1.68. The number of carboxylic acids is 1. The minimum atomic E-state index is -1.34. The van der Waals surface area contributed by atoms with E-state index in [0.29, 0.717) is 5.57 Å². The number of halogens is 1. The highest BCUT2D eigenvalue weighted by atomic mass is 35.5. The fourth-order valence-electron chi connectivity index (χ4n) is 0.703. The summed E-state index contributed by atoms with van der Waals surface area (Å²) in [6.07, 6.45) is -0.350. The second-order valence-electron chi connectivity index (χ2n) is 2.37. The number of alkyl halides is 1. The fourth-order valence-corrected chi connectivity index (χ4v) is 0.966. The maximum atomic E-state index is 10.2. The van der Waals surface area contributed by atoms with Gasteiger partial charge in [-0.1, -0.05) is 11.6 Å². The van der Waals surface area contributed by atoms with Gasteiger partial charge in [0.05, 0.1) is 13.0 Å². The Bertz CT molecular complexity index is 198. The van der Waals surface area contributed by atoms with Crippen molar-refractivity contribution in [2.45, 2.75) is 18.9 Å². The molecular formula is C7H11ClO4. The predicted octanol–water partition coefficient (Wildman–Crippen LogP) is 0.327. The first kappa shape index (κ1) is 11.4. The largest absolute Gasteiger partial charge is 0.481 e. The molecule has 0 rings (SSSR count). The number of hydrogen-bond acceptors (Lipinski definition) is 3. The normalized spacial score (nSPS) is 15.3. The van der Waals surface area contributed by atoms with Gasteiger partial charge in [-0.05, 0) is 18.1 Å². The van der Waals surface area contributed by atoms with Gasteiger partial charge in [0.2, 0.25) is 0 Å². The van der Waals surface area contributed by atoms with Crippen molar-refractivity contribution in [1.29, 1.82) is 0 Å². The third-order valence-electron chi connectivity index (χ3n) is 1.41. The monoisotopic (exact) mass is 194 g/mol. The molecule has 0 amide bonds. The van der Waals surface area contributed by atoms with E-state index in [1.165, 1.54) is 6.92 Å². The number of carboxylic acid groups (broad SMARTS) is 1. The van der Waals surface area contributed by atoms with Crippen LogP contribution in [0.25, 0.3) is 0 Å². The Kier molecular flexibility index (Phi) is 4.89. The Hall–Kier alpha value is -0.580. The van der Waals surface area contributed by atoms with Gasteiger partial charge in [-0.3, -0.25) is 4.79 Å². The van der Waals surface area contributed by atoms with E-state index in [2.05, 4.69) is 0 Å². The molecule has 0 bridgehead atoms. The molecule has 12 heavy (non-hydrogen) atoms. The average Bonchev–Trinajstić information content (AvgIpc) is 1.98. The zero-order chi connectivity index (χ0) is 9.72. The van der Waals surface area contributed by atoms with Gasteiger partial charge in [0.25, 0.3) is 0 Å². The van der Waals surface area contributed by atoms with Crippen molar-refractivity contribution in [2.75, 3.05) is 6.61 Å². The summed E-state index contributed by atoms with van der Waals surface area (Å²) in [5.74, 6) is -1.09. The Morgan fingerprint density at radius 3 is 2.33 bits per heavy atom. The molecule has 0 aromatic heterocycles. The summed E-state index contributed by atoms with van der Waals surface area (Å²) in [5.41, 5.74) is -0.806. The van der Waals surface area contributed by atoms with Crippen molar-refractivity contribution in [3.05, 3.63) is 11.1 Å². The van der Waals surface area contributed by atoms with Crippen LogP contribution in [0.3, 0.4) is 0 Å². The van der Waals surface area contributed by atoms with Crippen molar-refractivity contribution in [2.24, 2.45) is 0 Å². The Labute approximate surface area is 75.1 Å². The van der Waals surface area contributed by atoms with Crippen LogP contribution in [0.4, 0.5) is 0 Å². The first-order chi connectivity index (χ1) is 5.49. The van der Waals surface area contributed by atoms with E-state index in [9.17, 15) is 4.79 Å². The number of aliphatic hydroxyl groups is 2. The quantitative estimate of drug-likeness (QED) is 0.445. The Morgan fingerprint density at radius 1 is 1.58 bits per heavy atom. The maximum Gasteiger partial charge on any atom is 0.307 e. The van der Waals surface area contributed by atoms with Gasteiger partial charge < -0.3 is 15.3 Å². The molecule has 0 spiro atoms. The number of aliphatic hydroxyl groups excluding tert-OH is 2. The summed E-state index contributed by atoms with van der Waals surface area (Å²) in [7, 11) is 0. The molecule has 1 unspecified atom stereocenters. The first-order valence-electron chi connectivity index (χ1n) is 3.32. The van der Waals surface area contributed by atoms with Gasteiger partial charge in [0.1, 0.15) is 5.56 Å². The van der Waals surface area contributed by atoms with Crippen LogP contribution in [0.1, 0.15) is 13.3 Å². The molecule has 3 N–H and O–H groups in total. The minimum Gasteiger partial charge on any atom is -0.481 e. The van der Waals surface area contributed by atoms with Gasteiger partial charge >= 0.3 is 5.97 Å². The second kappa shape index (κ2) is 5.13. The number of rotatable bonds is 4. The molecule has 0 aromatic carbocycles. The van der Waals surface area contributed by atoms with Crippen molar-refractivity contribution in [1.82, 2.24) is 0 Å². The lowest BCUT2D eigenvalue weighted by atomic mass is 10.1. The van der Waals surface area contributed by atoms with Gasteiger partial charge in [0, 0.05) is 0 Å². The van der Waals surface area contributed by atoms with E-state index >= 15 is 0 Å². The van der Waals surface area contributed by atoms with Crippen LogP contribution in [-0.2, 0) is 4.79 Å². The topological polar surface area (TPSA) is 77.8 Å². The summed E-state index contributed by atoms with van der Waals surface area (Å²) in [4.78, 5) is 10.2. The zero-order valence-corrected chi connectivity index (χ0v) is 7.38. The van der Waals surface area contributed by atoms with E-state index in [1.54, 1.807) is 0 Å². The fraction of sp³-hybridized carbons (Fsp3) is 0.571. The highest BCUT2D eigenvalue weighted by Gasteiger charge is 2.13. The van der Waals surface area contributed by atoms with Crippen molar-refractivity contribution >= 4 is 17.6 Å². The Balaban J connectivity index is 4.54. The van der Waals surface area contributed by atoms with Crippen LogP contribution in [0.2, 0.25) is 0 Å². The zero-order valence-electron chi connectivity index (χ0n) is 6.62. The molecule has 0 saturated carbocycles. The van der Waals surface area contributed by atoms with Crippen molar-refractivity contribution in [3.8, 4) is 0 Å². The standard InChI is InChI=1S/C7H11ClO4/c1-4(3-9)5(7(8)12)2-6(10)11/h7,9,12H,2-3H2,1H3,(H,10,11). The molecule has 0 aliphatic carbocycles. The summed E-state index contributed by atoms with van der Waals surface area (Å²) in [6.45, 7) is 1.22. The first-order valence-corrected chi connectivity index (χ1v) is 3.76. The minimum absolute atomic E-state index is 0.145. The van der Waals surface area contributed by atoms with Crippen LogP contribution in [0, 0.1) is 0 Å². The van der Waals surface area contributed by atoms with E-state index in [0.717, 1.165) is 0 Å². The molecule has 1 atom stereocenters. The van der Waals surface area contributed by atoms with E-state index < -0.39 is 11.5 Å². The van der Waals surface area contributed by atoms with Crippen molar-refractivity contribution in [3.63, 3.8) is 0 Å². The molecule has 4 nitrogen and oxygen atoms in total. The number of aliphatic carboxylic acids is 1. The molecule has 0 radical (unpaired) electrons. The third kappa shape index (κ3) is 3.71. The molecule has 0 saturated heterocycles. The van der Waals surface area contributed by atoms with Gasteiger partial charge in [-0.2, -0.15) is 0 Å². The molecule has 5 heteroatoms. The lowest BCUT2D eigenvalue weighted by molar-refractivity contribution is -0.136. The maximum absolute atomic E-state index is 10.2. The lowest BCUT2D eigenvalue weighted by Gasteiger charge is -2.09. The number of hydrogen-bond donors (Lipinski definition) is 3. The summed E-state index contributed by atoms with van der Waals surface area (Å²) in [6, 6.07) is 0. The van der Waals surface area contributed by atoms with Crippen LogP contribution >= 0.6 is 11.6 Å². The molecule has 0 aromatic rings. The van der Waals surface area contributed by atoms with E-state index in [-0.39, 0.29) is 18.6 Å². The van der Waals surface area contributed by atoms with Crippen LogP contribution in [0.5, 0.6) is 0 Å². The average molecular weight is 195 g/mol. The van der Waals surface area contributed by atoms with Crippen molar-refractivity contribution < 1.29 is 20.1 Å². The highest BCUT2D eigenvalue weighted by molar-refractivity contribution is 6.21. The second-order valence-corrected chi connectivity index (χ2v) is 2.78. The lowest BCUT2D eigenvalue weighted by Crippen LogP contribution is -2.10. The summed E-state index contributed by atoms with van der Waals surface area (Å²) >= 11 is 5.28. The number of carbonyl (C=O) groups is 1. The van der Waals surface area contributed by atoms with Crippen LogP contribution in [0.15, 0.2) is 11.1 Å². The Morgan fingerprint density at radius 2 is 2.08 bits per heavy atom. The van der Waals surface area contributed by atoms with E-state index in [1.807, 2.05) is 0 Å². The van der Waals surface area contributed by atoms with E-state index in [4.69, 9.17) is 26.9 Å². The van der Waals surface area contributed by atoms with Crippen LogP contribution < -0.4 is 0 Å². The smallest absolute Gasteiger partial charge is 0.307 e. The van der Waals surface area contributed by atoms with Gasteiger partial charge in [-0.25, -0.2) is 0 Å².